The van der Waals surface area contributed by atoms with Crippen LogP contribution < -0.4 is 5.14 Å². The van der Waals surface area contributed by atoms with E-state index >= 15 is 0 Å². The number of aromatic amines is 1. The van der Waals surface area contributed by atoms with Crippen molar-refractivity contribution in [2.75, 3.05) is 0 Å². The molecule has 0 amide bonds. The average Bonchev–Trinajstić information content (AvgIpc) is 3.07. The van der Waals surface area contributed by atoms with Crippen LogP contribution in [0.5, 0.6) is 0 Å². The van der Waals surface area contributed by atoms with Crippen LogP contribution in [0.1, 0.15) is 11.4 Å². The second-order valence-electron chi connectivity index (χ2n) is 5.82. The summed E-state index contributed by atoms with van der Waals surface area (Å²) in [7, 11) is -4.41. The number of nitrogens with two attached hydrogens (primary N) is 1. The van der Waals surface area contributed by atoms with E-state index < -0.39 is 32.2 Å². The van der Waals surface area contributed by atoms with Crippen molar-refractivity contribution in [1.29, 1.82) is 0 Å². The lowest BCUT2D eigenvalue weighted by atomic mass is 9.75. The normalized spacial score (nSPS) is 26.2. The Balaban J connectivity index is 2.23. The zero-order chi connectivity index (χ0) is 19.2. The van der Waals surface area contributed by atoms with Crippen LogP contribution in [-0.2, 0) is 20.2 Å². The minimum Gasteiger partial charge on any atom is -0.347 e. The van der Waals surface area contributed by atoms with Crippen LogP contribution in [0, 0.1) is 5.82 Å². The molecule has 0 saturated heterocycles. The summed E-state index contributed by atoms with van der Waals surface area (Å²) in [5.74, 6) is -0.996. The number of hydrogen-bond donors (Lipinski definition) is 2. The molecule has 2 aromatic rings. The second-order valence-corrected chi connectivity index (χ2v) is 7.59. The molecule has 0 spiro atoms. The number of rotatable bonds is 3. The van der Waals surface area contributed by atoms with Crippen LogP contribution in [0.3, 0.4) is 0 Å². The molecule has 0 unspecified atom stereocenters. The van der Waals surface area contributed by atoms with Gasteiger partial charge in [0.05, 0.1) is 0 Å². The molecule has 1 heterocycles. The Labute approximate surface area is 146 Å². The summed E-state index contributed by atoms with van der Waals surface area (Å²) in [5, 5.41) is 5.27. The Hall–Kier alpha value is -2.46. The van der Waals surface area contributed by atoms with E-state index in [1.807, 2.05) is 0 Å². The van der Waals surface area contributed by atoms with E-state index in [2.05, 4.69) is 9.97 Å². The highest BCUT2D eigenvalue weighted by Crippen LogP contribution is 2.48. The lowest BCUT2D eigenvalue weighted by Gasteiger charge is -2.36. The molecule has 1 aliphatic rings. The third-order valence-corrected chi connectivity index (χ3v) is 5.71. The van der Waals surface area contributed by atoms with E-state index in [-0.39, 0.29) is 11.4 Å². The van der Waals surface area contributed by atoms with Crippen LogP contribution >= 0.6 is 0 Å². The molecule has 1 aliphatic carbocycles. The topological polar surface area (TPSA) is 88.8 Å². The van der Waals surface area contributed by atoms with Crippen LogP contribution in [0.25, 0.3) is 0 Å². The number of imidazole rings is 1. The molecule has 138 valence electrons. The van der Waals surface area contributed by atoms with Crippen LogP contribution in [0.4, 0.5) is 17.6 Å². The Kier molecular flexibility index (Phi) is 4.08. The van der Waals surface area contributed by atoms with Gasteiger partial charge in [0.25, 0.3) is 0 Å². The highest BCUT2D eigenvalue weighted by atomic mass is 32.2. The predicted molar refractivity (Wildman–Crippen MR) is 85.8 cm³/mol. The van der Waals surface area contributed by atoms with Gasteiger partial charge in [0, 0.05) is 12.4 Å². The molecule has 1 aromatic heterocycles. The van der Waals surface area contributed by atoms with Crippen LogP contribution in [0.15, 0.2) is 61.0 Å². The molecule has 3 rings (SSSR count). The standard InChI is InChI=1S/C16H13F4N3O2S/c17-12-3-1-2-11(10-12)14(16(18,19)20)4-6-15(7-5-14,26(21,24)25)13-22-8-9-23-13/h1-10H,(H,22,23)(H2,21,24,25). The van der Waals surface area contributed by atoms with E-state index in [0.717, 1.165) is 36.4 Å². The van der Waals surface area contributed by atoms with E-state index in [1.165, 1.54) is 12.4 Å². The van der Waals surface area contributed by atoms with Crippen molar-refractivity contribution in [1.82, 2.24) is 9.97 Å². The smallest absolute Gasteiger partial charge is 0.347 e. The van der Waals surface area contributed by atoms with E-state index in [1.54, 1.807) is 0 Å². The molecule has 0 atom stereocenters. The third-order valence-electron chi connectivity index (χ3n) is 4.30. The first kappa shape index (κ1) is 18.3. The quantitative estimate of drug-likeness (QED) is 0.627. The molecule has 3 N–H and O–H groups in total. The maximum atomic E-state index is 13.9. The summed E-state index contributed by atoms with van der Waals surface area (Å²) >= 11 is 0. The molecule has 0 aliphatic heterocycles. The maximum Gasteiger partial charge on any atom is 0.405 e. The van der Waals surface area contributed by atoms with Gasteiger partial charge in [-0.2, -0.15) is 13.2 Å². The Bertz CT molecular complexity index is 965. The zero-order valence-corrected chi connectivity index (χ0v) is 13.9. The molecule has 0 bridgehead atoms. The van der Waals surface area contributed by atoms with E-state index in [9.17, 15) is 26.0 Å². The fraction of sp³-hybridized carbons (Fsp3) is 0.188. The third kappa shape index (κ3) is 2.65. The van der Waals surface area contributed by atoms with Crippen LogP contribution in [0.2, 0.25) is 0 Å². The summed E-state index contributed by atoms with van der Waals surface area (Å²) in [6.07, 6.45) is 0.689. The minimum atomic E-state index is -4.85. The van der Waals surface area contributed by atoms with Gasteiger partial charge in [-0.25, -0.2) is 22.9 Å². The van der Waals surface area contributed by atoms with Gasteiger partial charge in [0.2, 0.25) is 10.0 Å². The van der Waals surface area contributed by atoms with Gasteiger partial charge in [-0.3, -0.25) is 0 Å². The molecular weight excluding hydrogens is 374 g/mol. The number of nitrogens with one attached hydrogen (secondary N) is 1. The summed E-state index contributed by atoms with van der Waals surface area (Å²) in [6.45, 7) is 0. The van der Waals surface area contributed by atoms with Crippen molar-refractivity contribution in [3.8, 4) is 0 Å². The predicted octanol–water partition coefficient (Wildman–Crippen LogP) is 2.66. The molecule has 26 heavy (non-hydrogen) atoms. The summed E-state index contributed by atoms with van der Waals surface area (Å²) in [5.41, 5.74) is -3.09. The van der Waals surface area contributed by atoms with Crippen molar-refractivity contribution in [3.63, 3.8) is 0 Å². The second kappa shape index (κ2) is 5.78. The number of H-pyrrole nitrogens is 1. The molecular formula is C16H13F4N3O2S. The molecule has 0 radical (unpaired) electrons. The van der Waals surface area contributed by atoms with Gasteiger partial charge < -0.3 is 4.98 Å². The highest BCUT2D eigenvalue weighted by molar-refractivity contribution is 7.90. The molecule has 0 fully saturated rings. The SMILES string of the molecule is NS(=O)(=O)C1(c2ncc[nH]2)C=CC(c2cccc(F)c2)(C(F)(F)F)C=C1. The van der Waals surface area contributed by atoms with E-state index in [0.29, 0.717) is 12.2 Å². The Morgan fingerprint density at radius 2 is 1.77 bits per heavy atom. The molecule has 0 saturated carbocycles. The largest absolute Gasteiger partial charge is 0.405 e. The van der Waals surface area contributed by atoms with Crippen molar-refractivity contribution in [2.45, 2.75) is 16.3 Å². The number of sulfonamides is 1. The fourth-order valence-electron chi connectivity index (χ4n) is 2.87. The van der Waals surface area contributed by atoms with Crippen molar-refractivity contribution < 1.29 is 26.0 Å². The number of halogens is 4. The van der Waals surface area contributed by atoms with Crippen molar-refractivity contribution >= 4 is 10.0 Å². The Morgan fingerprint density at radius 3 is 2.23 bits per heavy atom. The van der Waals surface area contributed by atoms with Crippen molar-refractivity contribution in [3.05, 3.63) is 78.2 Å². The van der Waals surface area contributed by atoms with Gasteiger partial charge in [-0.05, 0) is 17.7 Å². The zero-order valence-electron chi connectivity index (χ0n) is 13.0. The maximum absolute atomic E-state index is 13.9. The first-order valence-electron chi connectivity index (χ1n) is 7.28. The van der Waals surface area contributed by atoms with E-state index in [4.69, 9.17) is 5.14 Å². The highest BCUT2D eigenvalue weighted by Gasteiger charge is 2.56. The number of nitrogens with zero attached hydrogens (tertiary/aromatic N) is 1. The lowest BCUT2D eigenvalue weighted by molar-refractivity contribution is -0.162. The number of hydrogen-bond acceptors (Lipinski definition) is 3. The number of aromatic nitrogens is 2. The molecule has 1 aromatic carbocycles. The molecule has 5 nitrogen and oxygen atoms in total. The summed E-state index contributed by atoms with van der Waals surface area (Å²) in [4.78, 5) is 6.37. The van der Waals surface area contributed by atoms with Gasteiger partial charge >= 0.3 is 6.18 Å². The first-order valence-corrected chi connectivity index (χ1v) is 8.82. The van der Waals surface area contributed by atoms with Crippen molar-refractivity contribution in [2.24, 2.45) is 5.14 Å². The number of allylic oxidation sites excluding steroid dienone is 2. The van der Waals surface area contributed by atoms with Crippen LogP contribution in [-0.4, -0.2) is 24.6 Å². The fourth-order valence-corrected chi connectivity index (χ4v) is 3.77. The van der Waals surface area contributed by atoms with Gasteiger partial charge in [0.15, 0.2) is 4.75 Å². The lowest BCUT2D eigenvalue weighted by Crippen LogP contribution is -2.46. The monoisotopic (exact) mass is 387 g/mol. The number of primary sulfonamides is 1. The number of benzene rings is 1. The minimum absolute atomic E-state index is 0.150. The average molecular weight is 387 g/mol. The molecule has 10 heteroatoms. The Morgan fingerprint density at radius 1 is 1.12 bits per heavy atom. The summed E-state index contributed by atoms with van der Waals surface area (Å²) in [6, 6.07) is 4.02. The van der Waals surface area contributed by atoms with Gasteiger partial charge in [0.1, 0.15) is 17.1 Å². The first-order chi connectivity index (χ1) is 12.0. The number of alkyl halides is 3. The van der Waals surface area contributed by atoms with Gasteiger partial charge in [-0.15, -0.1) is 0 Å². The summed E-state index contributed by atoms with van der Waals surface area (Å²) < 4.78 is 77.3. The van der Waals surface area contributed by atoms with Gasteiger partial charge in [-0.1, -0.05) is 36.4 Å².